The fourth-order valence-electron chi connectivity index (χ4n) is 1.01. The van der Waals surface area contributed by atoms with Crippen molar-refractivity contribution in [3.05, 3.63) is 0 Å². The van der Waals surface area contributed by atoms with Gasteiger partial charge in [0, 0.05) is 0 Å². The Morgan fingerprint density at radius 1 is 0.667 bits per heavy atom. The standard InChI is InChI=1S/C10H23NS4/c1-5-12-9(13-6-2)11-10(14-7-3)15-8-4/h9-11H,5-8H2,1-4H3. The highest BCUT2D eigenvalue weighted by molar-refractivity contribution is 8.18. The van der Waals surface area contributed by atoms with Crippen LogP contribution in [-0.2, 0) is 0 Å². The molecule has 0 atom stereocenters. The van der Waals surface area contributed by atoms with E-state index in [1.54, 1.807) is 0 Å². The molecule has 0 aliphatic heterocycles. The Morgan fingerprint density at radius 3 is 1.13 bits per heavy atom. The van der Waals surface area contributed by atoms with Gasteiger partial charge in [-0.3, -0.25) is 5.32 Å². The third-order valence-corrected chi connectivity index (χ3v) is 6.27. The van der Waals surface area contributed by atoms with E-state index in [1.165, 1.54) is 23.0 Å². The number of thioether (sulfide) groups is 4. The monoisotopic (exact) mass is 285 g/mol. The summed E-state index contributed by atoms with van der Waals surface area (Å²) < 4.78 is 1.12. The first-order valence-corrected chi connectivity index (χ1v) is 9.70. The highest BCUT2D eigenvalue weighted by atomic mass is 32.2. The predicted octanol–water partition coefficient (Wildman–Crippen LogP) is 4.16. The Balaban J connectivity index is 3.93. The van der Waals surface area contributed by atoms with E-state index in [-0.39, 0.29) is 0 Å². The minimum atomic E-state index is 0.558. The summed E-state index contributed by atoms with van der Waals surface area (Å²) in [6, 6.07) is 0. The minimum Gasteiger partial charge on any atom is -0.277 e. The van der Waals surface area contributed by atoms with Gasteiger partial charge < -0.3 is 0 Å². The number of rotatable bonds is 10. The molecule has 92 valence electrons. The molecule has 0 aromatic rings. The molecule has 0 aliphatic carbocycles. The third kappa shape index (κ3) is 9.10. The SMILES string of the molecule is CCSC(NC(SCC)SCC)SCC. The van der Waals surface area contributed by atoms with Crippen molar-refractivity contribution >= 4 is 47.0 Å². The average Bonchev–Trinajstić information content (AvgIpc) is 2.19. The average molecular weight is 286 g/mol. The summed E-state index contributed by atoms with van der Waals surface area (Å²) in [4.78, 5) is 0. The topological polar surface area (TPSA) is 12.0 Å². The van der Waals surface area contributed by atoms with Gasteiger partial charge in [-0.15, -0.1) is 47.0 Å². The lowest BCUT2D eigenvalue weighted by atomic mass is 11.0. The molecule has 15 heavy (non-hydrogen) atoms. The van der Waals surface area contributed by atoms with Crippen molar-refractivity contribution in [1.29, 1.82) is 0 Å². The van der Waals surface area contributed by atoms with Gasteiger partial charge in [0.2, 0.25) is 0 Å². The van der Waals surface area contributed by atoms with Crippen molar-refractivity contribution in [1.82, 2.24) is 5.32 Å². The summed E-state index contributed by atoms with van der Waals surface area (Å²) in [5, 5.41) is 3.71. The molecule has 0 bridgehead atoms. The number of hydrogen-bond acceptors (Lipinski definition) is 5. The van der Waals surface area contributed by atoms with Gasteiger partial charge in [-0.25, -0.2) is 0 Å². The van der Waals surface area contributed by atoms with Crippen LogP contribution in [-0.4, -0.2) is 32.4 Å². The van der Waals surface area contributed by atoms with Crippen LogP contribution >= 0.6 is 47.0 Å². The summed E-state index contributed by atoms with van der Waals surface area (Å²) in [5.74, 6) is 4.74. The van der Waals surface area contributed by atoms with Crippen molar-refractivity contribution in [3.8, 4) is 0 Å². The fourth-order valence-corrected chi connectivity index (χ4v) is 5.89. The molecule has 0 spiro atoms. The molecule has 0 saturated heterocycles. The van der Waals surface area contributed by atoms with Gasteiger partial charge in [0.15, 0.2) is 0 Å². The summed E-state index contributed by atoms with van der Waals surface area (Å²) in [6.45, 7) is 8.91. The second kappa shape index (κ2) is 11.8. The second-order valence-electron chi connectivity index (χ2n) is 2.65. The fraction of sp³-hybridized carbons (Fsp3) is 1.00. The van der Waals surface area contributed by atoms with E-state index >= 15 is 0 Å². The van der Waals surface area contributed by atoms with E-state index in [4.69, 9.17) is 0 Å². The van der Waals surface area contributed by atoms with E-state index in [9.17, 15) is 0 Å². The first kappa shape index (κ1) is 16.4. The summed E-state index contributed by atoms with van der Waals surface area (Å²) in [6.07, 6.45) is 0. The Hall–Kier alpha value is 1.36. The van der Waals surface area contributed by atoms with E-state index in [2.05, 4.69) is 33.0 Å². The van der Waals surface area contributed by atoms with Crippen LogP contribution in [0.25, 0.3) is 0 Å². The molecule has 1 N–H and O–H groups in total. The normalized spacial score (nSPS) is 11.6. The predicted molar refractivity (Wildman–Crippen MR) is 83.2 cm³/mol. The molecule has 0 heterocycles. The molecule has 1 nitrogen and oxygen atoms in total. The highest BCUT2D eigenvalue weighted by Crippen LogP contribution is 2.27. The van der Waals surface area contributed by atoms with Crippen molar-refractivity contribution in [3.63, 3.8) is 0 Å². The summed E-state index contributed by atoms with van der Waals surface area (Å²) >= 11 is 8.02. The van der Waals surface area contributed by atoms with Gasteiger partial charge >= 0.3 is 0 Å². The number of nitrogens with one attached hydrogen (secondary N) is 1. The van der Waals surface area contributed by atoms with Gasteiger partial charge in [0.05, 0.1) is 0 Å². The molecule has 0 unspecified atom stereocenters. The Bertz CT molecular complexity index is 109. The van der Waals surface area contributed by atoms with Gasteiger partial charge in [0.1, 0.15) is 9.41 Å². The molecule has 0 radical (unpaired) electrons. The van der Waals surface area contributed by atoms with Gasteiger partial charge in [-0.1, -0.05) is 27.7 Å². The molecule has 5 heteroatoms. The molecular formula is C10H23NS4. The zero-order valence-corrected chi connectivity index (χ0v) is 13.4. The van der Waals surface area contributed by atoms with Crippen LogP contribution in [0, 0.1) is 0 Å². The third-order valence-electron chi connectivity index (χ3n) is 1.54. The van der Waals surface area contributed by atoms with E-state index in [0.29, 0.717) is 9.41 Å². The Kier molecular flexibility index (Phi) is 12.9. The van der Waals surface area contributed by atoms with Crippen molar-refractivity contribution < 1.29 is 0 Å². The highest BCUT2D eigenvalue weighted by Gasteiger charge is 2.14. The van der Waals surface area contributed by atoms with Crippen LogP contribution in [0.3, 0.4) is 0 Å². The molecule has 0 aromatic carbocycles. The van der Waals surface area contributed by atoms with Crippen LogP contribution in [0.2, 0.25) is 0 Å². The zero-order valence-electron chi connectivity index (χ0n) is 10.1. The number of hydrogen-bond donors (Lipinski definition) is 1. The van der Waals surface area contributed by atoms with E-state index in [1.807, 2.05) is 47.0 Å². The lowest BCUT2D eigenvalue weighted by Crippen LogP contribution is -2.30. The molecule has 0 fully saturated rings. The molecule has 0 aliphatic rings. The first-order valence-electron chi connectivity index (χ1n) is 5.50. The smallest absolute Gasteiger partial charge is 0.102 e. The van der Waals surface area contributed by atoms with Gasteiger partial charge in [0.25, 0.3) is 0 Å². The maximum absolute atomic E-state index is 3.71. The molecule has 0 amide bonds. The lowest BCUT2D eigenvalue weighted by Gasteiger charge is -2.23. The van der Waals surface area contributed by atoms with Crippen LogP contribution in [0.5, 0.6) is 0 Å². The molecular weight excluding hydrogens is 262 g/mol. The van der Waals surface area contributed by atoms with Crippen molar-refractivity contribution in [2.45, 2.75) is 37.1 Å². The van der Waals surface area contributed by atoms with Gasteiger partial charge in [-0.2, -0.15) is 0 Å². The van der Waals surface area contributed by atoms with Crippen LogP contribution < -0.4 is 5.32 Å². The van der Waals surface area contributed by atoms with Crippen molar-refractivity contribution in [2.24, 2.45) is 0 Å². The molecule has 0 saturated carbocycles. The second-order valence-corrected chi connectivity index (χ2v) is 8.78. The Labute approximate surface area is 112 Å². The maximum Gasteiger partial charge on any atom is 0.102 e. The first-order chi connectivity index (χ1) is 7.28. The lowest BCUT2D eigenvalue weighted by molar-refractivity contribution is 0.866. The van der Waals surface area contributed by atoms with Crippen LogP contribution in [0.4, 0.5) is 0 Å². The zero-order chi connectivity index (χ0) is 11.5. The largest absolute Gasteiger partial charge is 0.277 e. The quantitative estimate of drug-likeness (QED) is 0.603. The van der Waals surface area contributed by atoms with Crippen LogP contribution in [0.1, 0.15) is 27.7 Å². The van der Waals surface area contributed by atoms with E-state index in [0.717, 1.165) is 0 Å². The minimum absolute atomic E-state index is 0.558. The van der Waals surface area contributed by atoms with Crippen LogP contribution in [0.15, 0.2) is 0 Å². The van der Waals surface area contributed by atoms with Gasteiger partial charge in [-0.05, 0) is 23.0 Å². The molecule has 0 rings (SSSR count). The molecule has 0 aromatic heterocycles. The van der Waals surface area contributed by atoms with Crippen molar-refractivity contribution in [2.75, 3.05) is 23.0 Å². The maximum atomic E-state index is 3.71. The Morgan fingerprint density at radius 2 is 0.933 bits per heavy atom. The van der Waals surface area contributed by atoms with E-state index < -0.39 is 0 Å². The summed E-state index contributed by atoms with van der Waals surface area (Å²) in [7, 11) is 0. The summed E-state index contributed by atoms with van der Waals surface area (Å²) in [5.41, 5.74) is 0.